The van der Waals surface area contributed by atoms with Gasteiger partial charge in [-0.1, -0.05) is 55.4 Å². The van der Waals surface area contributed by atoms with E-state index in [1.165, 1.54) is 22.7 Å². The van der Waals surface area contributed by atoms with Gasteiger partial charge < -0.3 is 4.90 Å². The van der Waals surface area contributed by atoms with Gasteiger partial charge in [0.1, 0.15) is 5.82 Å². The predicted octanol–water partition coefficient (Wildman–Crippen LogP) is 4.60. The van der Waals surface area contributed by atoms with Crippen molar-refractivity contribution in [3.8, 4) is 0 Å². The Kier molecular flexibility index (Phi) is 7.15. The van der Waals surface area contributed by atoms with Crippen LogP contribution in [0.3, 0.4) is 0 Å². The zero-order valence-electron chi connectivity index (χ0n) is 17.1. The lowest BCUT2D eigenvalue weighted by Gasteiger charge is -2.19. The van der Waals surface area contributed by atoms with E-state index in [9.17, 15) is 14.0 Å². The van der Waals surface area contributed by atoms with Crippen molar-refractivity contribution in [3.05, 3.63) is 69.2 Å². The second-order valence-corrected chi connectivity index (χ2v) is 8.87. The molecule has 0 saturated carbocycles. The number of amides is 1. The van der Waals surface area contributed by atoms with Crippen LogP contribution in [0.15, 0.2) is 52.4 Å². The largest absolute Gasteiger partial charge is 0.341 e. The van der Waals surface area contributed by atoms with Crippen LogP contribution in [0.2, 0.25) is 5.02 Å². The molecule has 158 valence electrons. The van der Waals surface area contributed by atoms with Crippen molar-refractivity contribution in [1.29, 1.82) is 0 Å². The summed E-state index contributed by atoms with van der Waals surface area (Å²) in [6, 6.07) is 11.4. The number of nitrogens with zero attached hydrogens (tertiary/aromatic N) is 3. The van der Waals surface area contributed by atoms with Crippen LogP contribution in [0.25, 0.3) is 10.9 Å². The lowest BCUT2D eigenvalue weighted by molar-refractivity contribution is -0.127. The third kappa shape index (κ3) is 5.21. The molecule has 0 aliphatic heterocycles. The zero-order valence-corrected chi connectivity index (χ0v) is 18.6. The molecule has 0 bridgehead atoms. The fraction of sp³-hybridized carbons (Fsp3) is 0.318. The lowest BCUT2D eigenvalue weighted by Crippen LogP contribution is -2.29. The second-order valence-electron chi connectivity index (χ2n) is 7.50. The zero-order chi connectivity index (χ0) is 21.8. The molecule has 2 aromatic carbocycles. The van der Waals surface area contributed by atoms with E-state index in [0.29, 0.717) is 33.2 Å². The number of rotatable bonds is 7. The third-order valence-corrected chi connectivity index (χ3v) is 5.74. The molecule has 0 fully saturated rings. The first kappa shape index (κ1) is 22.3. The maximum atomic E-state index is 13.9. The summed E-state index contributed by atoms with van der Waals surface area (Å²) < 4.78 is 15.5. The molecule has 8 heteroatoms. The summed E-state index contributed by atoms with van der Waals surface area (Å²) in [5.41, 5.74) is 0.820. The fourth-order valence-corrected chi connectivity index (χ4v) is 4.14. The summed E-state index contributed by atoms with van der Waals surface area (Å²) in [6.07, 6.45) is 0. The summed E-state index contributed by atoms with van der Waals surface area (Å²) >= 11 is 7.25. The van der Waals surface area contributed by atoms with Gasteiger partial charge in [0.05, 0.1) is 16.7 Å². The molecule has 1 amide bonds. The molecule has 3 aromatic rings. The number of fused-ring (bicyclic) bond motifs is 1. The minimum absolute atomic E-state index is 0.0918. The molecule has 0 atom stereocenters. The molecule has 0 aliphatic rings. The molecule has 0 saturated heterocycles. The lowest BCUT2D eigenvalue weighted by atomic mass is 10.2. The summed E-state index contributed by atoms with van der Waals surface area (Å²) in [6.45, 7) is 4.68. The number of carbonyl (C=O) groups is 1. The summed E-state index contributed by atoms with van der Waals surface area (Å²) in [5.74, 6) is -0.204. The minimum atomic E-state index is -0.342. The van der Waals surface area contributed by atoms with E-state index >= 15 is 0 Å². The highest BCUT2D eigenvalue weighted by molar-refractivity contribution is 7.99. The SMILES string of the molecule is CC(C)Cn1c(SCC(=O)N(C)Cc2ccccc2F)nc2ccc(Cl)cc2c1=O. The normalized spacial score (nSPS) is 11.3. The van der Waals surface area contributed by atoms with Crippen LogP contribution in [0.5, 0.6) is 0 Å². The van der Waals surface area contributed by atoms with E-state index in [4.69, 9.17) is 11.6 Å². The highest BCUT2D eigenvalue weighted by atomic mass is 35.5. The molecule has 0 radical (unpaired) electrons. The maximum absolute atomic E-state index is 13.9. The highest BCUT2D eigenvalue weighted by Crippen LogP contribution is 2.22. The number of hydrogen-bond acceptors (Lipinski definition) is 4. The number of thioether (sulfide) groups is 1. The standard InChI is InChI=1S/C22H23ClFN3O2S/c1-14(2)11-27-21(29)17-10-16(23)8-9-19(17)25-22(27)30-13-20(28)26(3)12-15-6-4-5-7-18(15)24/h4-10,14H,11-13H2,1-3H3. The molecule has 3 rings (SSSR count). The summed E-state index contributed by atoms with van der Waals surface area (Å²) in [4.78, 5) is 31.7. The van der Waals surface area contributed by atoms with E-state index < -0.39 is 0 Å². The highest BCUT2D eigenvalue weighted by Gasteiger charge is 2.17. The van der Waals surface area contributed by atoms with Gasteiger partial charge in [0.15, 0.2) is 5.16 Å². The van der Waals surface area contributed by atoms with E-state index in [1.54, 1.807) is 48.0 Å². The van der Waals surface area contributed by atoms with Crippen molar-refractivity contribution >= 4 is 40.2 Å². The van der Waals surface area contributed by atoms with Gasteiger partial charge >= 0.3 is 0 Å². The van der Waals surface area contributed by atoms with Crippen LogP contribution in [0, 0.1) is 11.7 Å². The number of carbonyl (C=O) groups excluding carboxylic acids is 1. The average molecular weight is 448 g/mol. The van der Waals surface area contributed by atoms with Crippen molar-refractivity contribution < 1.29 is 9.18 Å². The van der Waals surface area contributed by atoms with Gasteiger partial charge in [-0.3, -0.25) is 14.2 Å². The van der Waals surface area contributed by atoms with E-state index in [-0.39, 0.29) is 35.5 Å². The molecule has 1 heterocycles. The number of aromatic nitrogens is 2. The fourth-order valence-electron chi connectivity index (χ4n) is 3.02. The molecule has 1 aromatic heterocycles. The third-order valence-electron chi connectivity index (χ3n) is 4.54. The van der Waals surface area contributed by atoms with Crippen LogP contribution in [-0.2, 0) is 17.9 Å². The first-order chi connectivity index (χ1) is 14.3. The van der Waals surface area contributed by atoms with Crippen LogP contribution in [-0.4, -0.2) is 33.2 Å². The maximum Gasteiger partial charge on any atom is 0.262 e. The number of halogens is 2. The van der Waals surface area contributed by atoms with E-state index in [0.717, 1.165) is 0 Å². The summed E-state index contributed by atoms with van der Waals surface area (Å²) in [5, 5.41) is 1.41. The van der Waals surface area contributed by atoms with Crippen molar-refractivity contribution in [2.24, 2.45) is 5.92 Å². The molecular weight excluding hydrogens is 425 g/mol. The van der Waals surface area contributed by atoms with Crippen molar-refractivity contribution in [3.63, 3.8) is 0 Å². The van der Waals surface area contributed by atoms with Gasteiger partial charge in [-0.2, -0.15) is 0 Å². The first-order valence-corrected chi connectivity index (χ1v) is 10.9. The van der Waals surface area contributed by atoms with Crippen LogP contribution in [0.1, 0.15) is 19.4 Å². The van der Waals surface area contributed by atoms with Crippen LogP contribution in [0.4, 0.5) is 4.39 Å². The average Bonchev–Trinajstić information content (AvgIpc) is 2.70. The number of hydrogen-bond donors (Lipinski definition) is 0. The Labute approximate surface area is 183 Å². The van der Waals surface area contributed by atoms with Gasteiger partial charge in [0.2, 0.25) is 5.91 Å². The van der Waals surface area contributed by atoms with Gasteiger partial charge in [0.25, 0.3) is 5.56 Å². The predicted molar refractivity (Wildman–Crippen MR) is 119 cm³/mol. The smallest absolute Gasteiger partial charge is 0.262 e. The molecule has 0 spiro atoms. The number of benzene rings is 2. The topological polar surface area (TPSA) is 55.2 Å². The minimum Gasteiger partial charge on any atom is -0.341 e. The van der Waals surface area contributed by atoms with Crippen LogP contribution >= 0.6 is 23.4 Å². The molecule has 5 nitrogen and oxygen atoms in total. The van der Waals surface area contributed by atoms with Gasteiger partial charge in [-0.25, -0.2) is 9.37 Å². The Hall–Kier alpha value is -2.38. The monoisotopic (exact) mass is 447 g/mol. The Morgan fingerprint density at radius 2 is 2.00 bits per heavy atom. The van der Waals surface area contributed by atoms with Gasteiger partial charge in [-0.15, -0.1) is 0 Å². The molecule has 0 N–H and O–H groups in total. The first-order valence-electron chi connectivity index (χ1n) is 9.56. The summed E-state index contributed by atoms with van der Waals surface area (Å²) in [7, 11) is 1.63. The van der Waals surface area contributed by atoms with Crippen molar-refractivity contribution in [1.82, 2.24) is 14.5 Å². The van der Waals surface area contributed by atoms with Gasteiger partial charge in [-0.05, 0) is 30.2 Å². The van der Waals surface area contributed by atoms with Crippen molar-refractivity contribution in [2.45, 2.75) is 32.1 Å². The van der Waals surface area contributed by atoms with E-state index in [1.807, 2.05) is 13.8 Å². The molecule has 30 heavy (non-hydrogen) atoms. The van der Waals surface area contributed by atoms with Crippen LogP contribution < -0.4 is 5.56 Å². The Morgan fingerprint density at radius 3 is 2.70 bits per heavy atom. The van der Waals surface area contributed by atoms with Gasteiger partial charge in [0, 0.05) is 30.7 Å². The Bertz CT molecular complexity index is 1130. The Morgan fingerprint density at radius 1 is 1.27 bits per heavy atom. The molecular formula is C22H23ClFN3O2S. The Balaban J connectivity index is 1.82. The van der Waals surface area contributed by atoms with E-state index in [2.05, 4.69) is 4.98 Å². The van der Waals surface area contributed by atoms with Crippen molar-refractivity contribution in [2.75, 3.05) is 12.8 Å². The molecule has 0 aliphatic carbocycles. The quantitative estimate of drug-likeness (QED) is 0.392. The molecule has 0 unspecified atom stereocenters. The second kappa shape index (κ2) is 9.62.